The first-order valence-electron chi connectivity index (χ1n) is 9.17. The van der Waals surface area contributed by atoms with Gasteiger partial charge in [-0.2, -0.15) is 4.31 Å². The van der Waals surface area contributed by atoms with Crippen molar-refractivity contribution >= 4 is 25.7 Å². The lowest BCUT2D eigenvalue weighted by molar-refractivity contribution is -0.384. The molecule has 0 bridgehead atoms. The summed E-state index contributed by atoms with van der Waals surface area (Å²) in [5.74, 6) is 0.407. The Balaban J connectivity index is 1.52. The van der Waals surface area contributed by atoms with Gasteiger partial charge >= 0.3 is 0 Å². The van der Waals surface area contributed by atoms with Gasteiger partial charge in [-0.15, -0.1) is 0 Å². The van der Waals surface area contributed by atoms with Gasteiger partial charge in [0.25, 0.3) is 5.69 Å². The van der Waals surface area contributed by atoms with Crippen LogP contribution in [0.2, 0.25) is 0 Å². The van der Waals surface area contributed by atoms with Crippen molar-refractivity contribution in [1.29, 1.82) is 0 Å². The fraction of sp³-hybridized carbons (Fsp3) is 0.333. The lowest BCUT2D eigenvalue weighted by atomic mass is 10.3. The van der Waals surface area contributed by atoms with E-state index in [1.165, 1.54) is 28.6 Å². The van der Waals surface area contributed by atoms with Gasteiger partial charge in [-0.25, -0.2) is 21.6 Å². The summed E-state index contributed by atoms with van der Waals surface area (Å²) in [6.07, 6.45) is 1.71. The highest BCUT2D eigenvalue weighted by Crippen LogP contribution is 2.23. The Morgan fingerprint density at radius 3 is 2.07 bits per heavy atom. The summed E-state index contributed by atoms with van der Waals surface area (Å²) < 4.78 is 58.6. The molecule has 0 aromatic heterocycles. The fourth-order valence-electron chi connectivity index (χ4n) is 2.96. The predicted octanol–water partition coefficient (Wildman–Crippen LogP) is 1.74. The number of nitro groups is 1. The third-order valence-electron chi connectivity index (χ3n) is 4.55. The normalized spacial score (nSPS) is 15.2. The standard InChI is InChI=1S/C18H21N3O7S2/c22-21(23)15-3-7-17(8-4-15)29(24,25)19-11-14-28-16-5-9-18(10-6-16)30(26,27)20-12-1-2-13-20/h3-10,19H,1-2,11-14H2. The van der Waals surface area contributed by atoms with E-state index >= 15 is 0 Å². The smallest absolute Gasteiger partial charge is 0.269 e. The van der Waals surface area contributed by atoms with Crippen LogP contribution >= 0.6 is 0 Å². The lowest BCUT2D eigenvalue weighted by Crippen LogP contribution is -2.28. The Kier molecular flexibility index (Phi) is 6.71. The van der Waals surface area contributed by atoms with Crippen LogP contribution in [0.5, 0.6) is 5.75 Å². The first-order valence-corrected chi connectivity index (χ1v) is 12.1. The van der Waals surface area contributed by atoms with Crippen molar-refractivity contribution < 1.29 is 26.5 Å². The van der Waals surface area contributed by atoms with Crippen molar-refractivity contribution in [3.05, 3.63) is 58.6 Å². The Morgan fingerprint density at radius 1 is 0.933 bits per heavy atom. The van der Waals surface area contributed by atoms with Crippen LogP contribution < -0.4 is 9.46 Å². The molecular weight excluding hydrogens is 434 g/mol. The topological polar surface area (TPSA) is 136 Å². The minimum atomic E-state index is -3.83. The first-order chi connectivity index (χ1) is 14.2. The number of hydrogen-bond donors (Lipinski definition) is 1. The van der Waals surface area contributed by atoms with E-state index in [0.717, 1.165) is 37.1 Å². The number of sulfonamides is 2. The highest BCUT2D eigenvalue weighted by atomic mass is 32.2. The van der Waals surface area contributed by atoms with Gasteiger partial charge in [0.2, 0.25) is 20.0 Å². The summed E-state index contributed by atoms with van der Waals surface area (Å²) in [7, 11) is -7.33. The van der Waals surface area contributed by atoms with E-state index < -0.39 is 25.0 Å². The zero-order valence-corrected chi connectivity index (χ0v) is 17.6. The van der Waals surface area contributed by atoms with Gasteiger partial charge in [0, 0.05) is 31.8 Å². The molecule has 0 amide bonds. The van der Waals surface area contributed by atoms with Gasteiger partial charge in [0.05, 0.1) is 14.7 Å². The zero-order valence-electron chi connectivity index (χ0n) is 15.9. The van der Waals surface area contributed by atoms with Gasteiger partial charge in [-0.1, -0.05) is 0 Å². The first kappa shape index (κ1) is 22.2. The van der Waals surface area contributed by atoms with Gasteiger partial charge in [-0.3, -0.25) is 10.1 Å². The lowest BCUT2D eigenvalue weighted by Gasteiger charge is -2.15. The summed E-state index contributed by atoms with van der Waals surface area (Å²) in [4.78, 5) is 10.1. The molecule has 2 aromatic rings. The molecule has 0 spiro atoms. The third-order valence-corrected chi connectivity index (χ3v) is 7.94. The van der Waals surface area contributed by atoms with Crippen LogP contribution in [-0.4, -0.2) is 52.3 Å². The number of nitrogens with one attached hydrogen (secondary N) is 1. The minimum absolute atomic E-state index is 0.0183. The van der Waals surface area contributed by atoms with Crippen molar-refractivity contribution in [2.24, 2.45) is 0 Å². The monoisotopic (exact) mass is 455 g/mol. The number of non-ortho nitro benzene ring substituents is 1. The van der Waals surface area contributed by atoms with Crippen molar-refractivity contribution in [2.75, 3.05) is 26.2 Å². The van der Waals surface area contributed by atoms with E-state index in [2.05, 4.69) is 4.72 Å². The van der Waals surface area contributed by atoms with Crippen LogP contribution in [0.25, 0.3) is 0 Å². The second-order valence-electron chi connectivity index (χ2n) is 6.58. The zero-order chi connectivity index (χ0) is 21.8. The highest BCUT2D eigenvalue weighted by molar-refractivity contribution is 7.89. The summed E-state index contributed by atoms with van der Waals surface area (Å²) >= 11 is 0. The Morgan fingerprint density at radius 2 is 1.50 bits per heavy atom. The Hall–Kier alpha value is -2.54. The number of nitrogens with zero attached hydrogens (tertiary/aromatic N) is 2. The second kappa shape index (κ2) is 9.08. The molecule has 10 nitrogen and oxygen atoms in total. The molecule has 162 valence electrons. The van der Waals surface area contributed by atoms with Crippen molar-refractivity contribution in [1.82, 2.24) is 9.03 Å². The van der Waals surface area contributed by atoms with Crippen molar-refractivity contribution in [3.8, 4) is 5.75 Å². The molecule has 30 heavy (non-hydrogen) atoms. The number of rotatable bonds is 9. The largest absolute Gasteiger partial charge is 0.492 e. The molecule has 12 heteroatoms. The molecule has 1 saturated heterocycles. The molecular formula is C18H21N3O7S2. The van der Waals surface area contributed by atoms with Crippen LogP contribution in [-0.2, 0) is 20.0 Å². The van der Waals surface area contributed by atoms with E-state index in [-0.39, 0.29) is 28.6 Å². The van der Waals surface area contributed by atoms with Gasteiger partial charge in [0.1, 0.15) is 12.4 Å². The number of hydrogen-bond acceptors (Lipinski definition) is 7. The molecule has 3 rings (SSSR count). The number of nitro benzene ring substituents is 1. The number of benzene rings is 2. The Bertz CT molecular complexity index is 1090. The van der Waals surface area contributed by atoms with Crippen LogP contribution in [0.15, 0.2) is 58.3 Å². The molecule has 1 aliphatic heterocycles. The van der Waals surface area contributed by atoms with Crippen LogP contribution in [0.4, 0.5) is 5.69 Å². The third kappa shape index (κ3) is 5.14. The molecule has 1 fully saturated rings. The molecule has 1 N–H and O–H groups in total. The van der Waals surface area contributed by atoms with E-state index in [9.17, 15) is 26.9 Å². The molecule has 0 unspecified atom stereocenters. The molecule has 1 heterocycles. The summed E-state index contributed by atoms with van der Waals surface area (Å²) in [5.41, 5.74) is -0.201. The molecule has 1 aliphatic rings. The summed E-state index contributed by atoms with van der Waals surface area (Å²) in [6, 6.07) is 10.5. The maximum Gasteiger partial charge on any atom is 0.269 e. The average molecular weight is 456 g/mol. The van der Waals surface area contributed by atoms with E-state index in [1.54, 1.807) is 0 Å². The maximum absolute atomic E-state index is 12.5. The minimum Gasteiger partial charge on any atom is -0.492 e. The van der Waals surface area contributed by atoms with Crippen LogP contribution in [0.1, 0.15) is 12.8 Å². The predicted molar refractivity (Wildman–Crippen MR) is 108 cm³/mol. The van der Waals surface area contributed by atoms with Crippen molar-refractivity contribution in [2.45, 2.75) is 22.6 Å². The SMILES string of the molecule is O=[N+]([O-])c1ccc(S(=O)(=O)NCCOc2ccc(S(=O)(=O)N3CCCC3)cc2)cc1. The van der Waals surface area contributed by atoms with Gasteiger partial charge in [-0.05, 0) is 49.2 Å². The fourth-order valence-corrected chi connectivity index (χ4v) is 5.49. The van der Waals surface area contributed by atoms with Crippen molar-refractivity contribution in [3.63, 3.8) is 0 Å². The molecule has 0 aliphatic carbocycles. The molecule has 0 radical (unpaired) electrons. The molecule has 0 atom stereocenters. The number of ether oxygens (including phenoxy) is 1. The van der Waals surface area contributed by atoms with E-state index in [4.69, 9.17) is 4.74 Å². The summed E-state index contributed by atoms with van der Waals surface area (Å²) in [6.45, 7) is 1.03. The maximum atomic E-state index is 12.5. The second-order valence-corrected chi connectivity index (χ2v) is 10.3. The van der Waals surface area contributed by atoms with Crippen LogP contribution in [0, 0.1) is 10.1 Å². The molecule has 2 aromatic carbocycles. The van der Waals surface area contributed by atoms with Gasteiger partial charge in [0.15, 0.2) is 0 Å². The quantitative estimate of drug-likeness (QED) is 0.345. The van der Waals surface area contributed by atoms with Crippen LogP contribution in [0.3, 0.4) is 0 Å². The van der Waals surface area contributed by atoms with Gasteiger partial charge < -0.3 is 4.74 Å². The molecule has 0 saturated carbocycles. The average Bonchev–Trinajstić information content (AvgIpc) is 3.27. The Labute approximate surface area is 174 Å². The van der Waals surface area contributed by atoms with E-state index in [0.29, 0.717) is 18.8 Å². The highest BCUT2D eigenvalue weighted by Gasteiger charge is 2.27. The van der Waals surface area contributed by atoms with E-state index in [1.807, 2.05) is 0 Å². The summed E-state index contributed by atoms with van der Waals surface area (Å²) in [5, 5.41) is 10.6.